The Bertz CT molecular complexity index is 2690. The predicted octanol–water partition coefficient (Wildman–Crippen LogP) is 11.7. The van der Waals surface area contributed by atoms with Crippen LogP contribution in [0.4, 0.5) is 0 Å². The van der Waals surface area contributed by atoms with Crippen LogP contribution in [0.1, 0.15) is 17.7 Å². The second-order valence-electron chi connectivity index (χ2n) is 12.4. The van der Waals surface area contributed by atoms with E-state index in [0.29, 0.717) is 0 Å². The van der Waals surface area contributed by atoms with Crippen LogP contribution in [0.25, 0.3) is 82.8 Å². The largest absolute Gasteiger partial charge is 0.312 e. The zero-order valence-electron chi connectivity index (χ0n) is 25.3. The number of hydrogen-bond donors (Lipinski definition) is 0. The first-order valence-corrected chi connectivity index (χ1v) is 16.2. The molecule has 2 nitrogen and oxygen atoms in total. The highest BCUT2D eigenvalue weighted by atomic mass is 15.0. The Labute approximate surface area is 267 Å². The fourth-order valence-electron chi connectivity index (χ4n) is 7.90. The first-order chi connectivity index (χ1) is 22.8. The van der Waals surface area contributed by atoms with Crippen molar-refractivity contribution in [3.8, 4) is 22.5 Å². The summed E-state index contributed by atoms with van der Waals surface area (Å²) in [6.07, 6.45) is 6.78. The standard InChI is InChI=1S/C44H30N2/c1-3-15-33-29(11-1)13-9-21-39(33)45-41-19-7-5-17-35(41)37-27-31(23-25-43(37)45)32-24-26-44-38(28-32)36-18-6-8-20-42(36)46(44)40-22-10-14-30-12-2-4-16-34(30)40/h1-7,9-19,21-28H,8,20H2. The van der Waals surface area contributed by atoms with Crippen LogP contribution in [0.5, 0.6) is 0 Å². The lowest BCUT2D eigenvalue weighted by Gasteiger charge is -2.15. The smallest absolute Gasteiger partial charge is 0.0541 e. The van der Waals surface area contributed by atoms with Gasteiger partial charge in [-0.15, -0.1) is 0 Å². The van der Waals surface area contributed by atoms with Gasteiger partial charge < -0.3 is 9.13 Å². The maximum Gasteiger partial charge on any atom is 0.0541 e. The van der Waals surface area contributed by atoms with E-state index in [2.05, 4.69) is 167 Å². The van der Waals surface area contributed by atoms with Crippen molar-refractivity contribution in [3.05, 3.63) is 163 Å². The topological polar surface area (TPSA) is 9.86 Å². The molecule has 1 aliphatic carbocycles. The van der Waals surface area contributed by atoms with Crippen molar-refractivity contribution in [3.63, 3.8) is 0 Å². The number of benzene rings is 7. The van der Waals surface area contributed by atoms with Crippen LogP contribution in [0, 0.1) is 0 Å². The zero-order chi connectivity index (χ0) is 30.2. The molecule has 0 fully saturated rings. The zero-order valence-corrected chi connectivity index (χ0v) is 25.3. The van der Waals surface area contributed by atoms with E-state index in [-0.39, 0.29) is 0 Å². The van der Waals surface area contributed by atoms with Crippen molar-refractivity contribution >= 4 is 60.3 Å². The third-order valence-electron chi connectivity index (χ3n) is 9.96. The molecule has 0 atom stereocenters. The summed E-state index contributed by atoms with van der Waals surface area (Å²) in [5.41, 5.74) is 11.4. The lowest BCUT2D eigenvalue weighted by Crippen LogP contribution is -2.03. The first kappa shape index (κ1) is 25.5. The first-order valence-electron chi connectivity index (χ1n) is 16.2. The molecule has 216 valence electrons. The van der Waals surface area contributed by atoms with Crippen LogP contribution < -0.4 is 0 Å². The predicted molar refractivity (Wildman–Crippen MR) is 195 cm³/mol. The van der Waals surface area contributed by atoms with Crippen LogP contribution in [-0.2, 0) is 6.42 Å². The summed E-state index contributed by atoms with van der Waals surface area (Å²) in [5.74, 6) is 0. The second kappa shape index (κ2) is 9.82. The van der Waals surface area contributed by atoms with Gasteiger partial charge in [0.05, 0.1) is 27.9 Å². The highest BCUT2D eigenvalue weighted by Gasteiger charge is 2.21. The molecule has 0 radical (unpaired) electrons. The fourth-order valence-corrected chi connectivity index (χ4v) is 7.90. The molecule has 0 N–H and O–H groups in total. The number of fused-ring (bicyclic) bond motifs is 8. The van der Waals surface area contributed by atoms with E-state index >= 15 is 0 Å². The van der Waals surface area contributed by atoms with Crippen LogP contribution in [-0.4, -0.2) is 9.13 Å². The highest BCUT2D eigenvalue weighted by Crippen LogP contribution is 2.40. The van der Waals surface area contributed by atoms with Gasteiger partial charge in [-0.05, 0) is 77.2 Å². The Kier molecular flexibility index (Phi) is 5.44. The van der Waals surface area contributed by atoms with Gasteiger partial charge in [0.2, 0.25) is 0 Å². The maximum absolute atomic E-state index is 2.52. The highest BCUT2D eigenvalue weighted by molar-refractivity contribution is 6.12. The minimum atomic E-state index is 1.04. The molecular weight excluding hydrogens is 556 g/mol. The molecule has 0 amide bonds. The maximum atomic E-state index is 2.52. The van der Waals surface area contributed by atoms with Crippen LogP contribution >= 0.6 is 0 Å². The molecule has 0 saturated heterocycles. The van der Waals surface area contributed by atoms with Gasteiger partial charge in [0.15, 0.2) is 0 Å². The van der Waals surface area contributed by atoms with Crippen molar-refractivity contribution < 1.29 is 0 Å². The summed E-state index contributed by atoms with van der Waals surface area (Å²) in [4.78, 5) is 0. The van der Waals surface area contributed by atoms with E-state index in [1.807, 2.05) is 0 Å². The van der Waals surface area contributed by atoms with E-state index in [9.17, 15) is 0 Å². The van der Waals surface area contributed by atoms with E-state index in [0.717, 1.165) is 12.8 Å². The van der Waals surface area contributed by atoms with E-state index in [1.165, 1.54) is 88.0 Å². The number of aromatic nitrogens is 2. The van der Waals surface area contributed by atoms with Crippen LogP contribution in [0.2, 0.25) is 0 Å². The Hall–Kier alpha value is -5.86. The van der Waals surface area contributed by atoms with Gasteiger partial charge in [-0.3, -0.25) is 0 Å². The van der Waals surface area contributed by atoms with Crippen LogP contribution in [0.3, 0.4) is 0 Å². The third kappa shape index (κ3) is 3.64. The van der Waals surface area contributed by atoms with Crippen LogP contribution in [0.15, 0.2) is 152 Å². The molecule has 0 saturated carbocycles. The number of hydrogen-bond acceptors (Lipinski definition) is 0. The molecule has 10 rings (SSSR count). The van der Waals surface area contributed by atoms with Gasteiger partial charge in [-0.2, -0.15) is 0 Å². The minimum Gasteiger partial charge on any atom is -0.312 e. The van der Waals surface area contributed by atoms with Crippen molar-refractivity contribution in [1.29, 1.82) is 0 Å². The van der Waals surface area contributed by atoms with Gasteiger partial charge in [0, 0.05) is 38.2 Å². The van der Waals surface area contributed by atoms with E-state index < -0.39 is 0 Å². The molecule has 1 aliphatic rings. The molecule has 2 heterocycles. The molecule has 0 unspecified atom stereocenters. The quantitative estimate of drug-likeness (QED) is 0.195. The summed E-state index contributed by atoms with van der Waals surface area (Å²) in [7, 11) is 0. The van der Waals surface area contributed by atoms with Crippen molar-refractivity contribution in [2.45, 2.75) is 12.8 Å². The SMILES string of the molecule is C1=Cc2c(n(-c3cccc4ccccc34)c3ccc(-c4ccc5c(c4)c4ccccc4n5-c4cccc5ccccc45)cc23)CC1. The monoisotopic (exact) mass is 586 g/mol. The molecule has 46 heavy (non-hydrogen) atoms. The molecule has 2 aromatic heterocycles. The van der Waals surface area contributed by atoms with E-state index in [4.69, 9.17) is 0 Å². The Morgan fingerprint density at radius 3 is 1.67 bits per heavy atom. The average molecular weight is 587 g/mol. The van der Waals surface area contributed by atoms with Crippen molar-refractivity contribution in [1.82, 2.24) is 9.13 Å². The normalized spacial score (nSPS) is 13.0. The van der Waals surface area contributed by atoms with Crippen molar-refractivity contribution in [2.24, 2.45) is 0 Å². The van der Waals surface area contributed by atoms with Crippen molar-refractivity contribution in [2.75, 3.05) is 0 Å². The molecule has 0 spiro atoms. The molecule has 9 aromatic rings. The Morgan fingerprint density at radius 2 is 0.957 bits per heavy atom. The molecule has 0 aliphatic heterocycles. The number of para-hydroxylation sites is 1. The van der Waals surface area contributed by atoms with Gasteiger partial charge in [0.1, 0.15) is 0 Å². The summed E-state index contributed by atoms with van der Waals surface area (Å²) in [6.45, 7) is 0. The van der Waals surface area contributed by atoms with Gasteiger partial charge in [0.25, 0.3) is 0 Å². The second-order valence-corrected chi connectivity index (χ2v) is 12.4. The van der Waals surface area contributed by atoms with Gasteiger partial charge >= 0.3 is 0 Å². The third-order valence-corrected chi connectivity index (χ3v) is 9.96. The average Bonchev–Trinajstić information content (AvgIpc) is 3.63. The lowest BCUT2D eigenvalue weighted by molar-refractivity contribution is 0.892. The number of rotatable bonds is 3. The summed E-state index contributed by atoms with van der Waals surface area (Å²) in [6, 6.07) is 53.6. The number of allylic oxidation sites excluding steroid dienone is 1. The molecule has 2 heteroatoms. The minimum absolute atomic E-state index is 1.04. The Morgan fingerprint density at radius 1 is 0.413 bits per heavy atom. The fraction of sp³-hybridized carbons (Fsp3) is 0.0455. The molecule has 0 bridgehead atoms. The summed E-state index contributed by atoms with van der Waals surface area (Å²) >= 11 is 0. The lowest BCUT2D eigenvalue weighted by atomic mass is 9.98. The van der Waals surface area contributed by atoms with Gasteiger partial charge in [-0.1, -0.05) is 115 Å². The van der Waals surface area contributed by atoms with Gasteiger partial charge in [-0.25, -0.2) is 0 Å². The summed E-state index contributed by atoms with van der Waals surface area (Å²) < 4.78 is 4.95. The summed E-state index contributed by atoms with van der Waals surface area (Å²) in [5, 5.41) is 8.94. The Balaban J connectivity index is 1.19. The molecular formula is C44H30N2. The van der Waals surface area contributed by atoms with E-state index in [1.54, 1.807) is 0 Å². The number of nitrogens with zero attached hydrogens (tertiary/aromatic N) is 2. The molecule has 7 aromatic carbocycles.